The van der Waals surface area contributed by atoms with Gasteiger partial charge in [0.15, 0.2) is 0 Å². The van der Waals surface area contributed by atoms with Crippen molar-refractivity contribution >= 4 is 16.2 Å². The summed E-state index contributed by atoms with van der Waals surface area (Å²) in [4.78, 5) is 10.9. The van der Waals surface area contributed by atoms with E-state index in [4.69, 9.17) is 5.11 Å². The molecule has 1 rings (SSSR count). The van der Waals surface area contributed by atoms with E-state index in [2.05, 4.69) is 9.44 Å². The van der Waals surface area contributed by atoms with Crippen LogP contribution in [0.15, 0.2) is 0 Å². The Morgan fingerprint density at radius 1 is 1.40 bits per heavy atom. The first-order valence-corrected chi connectivity index (χ1v) is 6.30. The third kappa shape index (κ3) is 2.90. The molecular weight excluding hydrogens is 220 g/mol. The van der Waals surface area contributed by atoms with E-state index in [1.807, 2.05) is 0 Å². The van der Waals surface area contributed by atoms with E-state index >= 15 is 0 Å². The second-order valence-electron chi connectivity index (χ2n) is 4.12. The number of hydrogen-bond donors (Lipinski definition) is 3. The summed E-state index contributed by atoms with van der Waals surface area (Å²) in [7, 11) is -3.73. The minimum absolute atomic E-state index is 0.256. The molecule has 0 spiro atoms. The molecular formula is C8H16N2O4S. The topological polar surface area (TPSA) is 95.5 Å². The summed E-state index contributed by atoms with van der Waals surface area (Å²) in [6.07, 6.45) is 1.43. The van der Waals surface area contributed by atoms with Gasteiger partial charge in [0.1, 0.15) is 5.54 Å². The van der Waals surface area contributed by atoms with Crippen LogP contribution in [0, 0.1) is 0 Å². The number of aliphatic carboxylic acids is 1. The summed E-state index contributed by atoms with van der Waals surface area (Å²) in [5.41, 5.74) is -1.29. The fourth-order valence-electron chi connectivity index (χ4n) is 1.49. The van der Waals surface area contributed by atoms with Gasteiger partial charge in [-0.2, -0.15) is 17.9 Å². The minimum atomic E-state index is -3.73. The lowest BCUT2D eigenvalue weighted by Crippen LogP contribution is -2.61. The number of nitrogens with one attached hydrogen (secondary N) is 2. The lowest BCUT2D eigenvalue weighted by Gasteiger charge is -2.37. The first-order valence-electron chi connectivity index (χ1n) is 4.82. The van der Waals surface area contributed by atoms with E-state index in [0.717, 1.165) is 6.42 Å². The fourth-order valence-corrected chi connectivity index (χ4v) is 2.97. The summed E-state index contributed by atoms with van der Waals surface area (Å²) in [6.45, 7) is 3.35. The lowest BCUT2D eigenvalue weighted by atomic mass is 9.78. The molecule has 1 aliphatic rings. The van der Waals surface area contributed by atoms with E-state index in [-0.39, 0.29) is 6.04 Å². The average molecular weight is 236 g/mol. The third-order valence-corrected chi connectivity index (χ3v) is 3.78. The molecule has 0 aliphatic heterocycles. The predicted octanol–water partition coefficient (Wildman–Crippen LogP) is -0.174. The summed E-state index contributed by atoms with van der Waals surface area (Å²) >= 11 is 0. The predicted molar refractivity (Wildman–Crippen MR) is 54.5 cm³/mol. The monoisotopic (exact) mass is 236 g/mol. The first-order chi connectivity index (χ1) is 6.77. The fraction of sp³-hybridized carbons (Fsp3) is 0.875. The van der Waals surface area contributed by atoms with Gasteiger partial charge in [-0.1, -0.05) is 0 Å². The Hall–Kier alpha value is -0.660. The highest BCUT2D eigenvalue weighted by atomic mass is 32.2. The van der Waals surface area contributed by atoms with Crippen molar-refractivity contribution in [2.45, 2.75) is 44.7 Å². The molecule has 0 saturated heterocycles. The Bertz CT molecular complexity index is 346. The molecule has 0 amide bonds. The van der Waals surface area contributed by atoms with Crippen molar-refractivity contribution in [3.05, 3.63) is 0 Å². The smallest absolute Gasteiger partial charge is 0.324 e. The van der Waals surface area contributed by atoms with Crippen LogP contribution in [0.2, 0.25) is 0 Å². The molecule has 88 valence electrons. The first kappa shape index (κ1) is 12.4. The Morgan fingerprint density at radius 2 is 1.93 bits per heavy atom. The van der Waals surface area contributed by atoms with Gasteiger partial charge in [0.2, 0.25) is 0 Å². The SMILES string of the molecule is CC(C)NS(=O)(=O)NC1(C(=O)O)CCC1. The molecule has 1 aliphatic carbocycles. The van der Waals surface area contributed by atoms with Crippen LogP contribution in [0.25, 0.3) is 0 Å². The van der Waals surface area contributed by atoms with Crippen molar-refractivity contribution in [2.75, 3.05) is 0 Å². The van der Waals surface area contributed by atoms with Gasteiger partial charge in [-0.25, -0.2) is 0 Å². The molecule has 7 heteroatoms. The number of carboxylic acids is 1. The maximum Gasteiger partial charge on any atom is 0.324 e. The summed E-state index contributed by atoms with van der Waals surface area (Å²) in [5.74, 6) is -1.11. The molecule has 0 radical (unpaired) electrons. The molecule has 0 atom stereocenters. The van der Waals surface area contributed by atoms with Crippen LogP contribution in [0.5, 0.6) is 0 Å². The average Bonchev–Trinajstić information content (AvgIpc) is 1.93. The van der Waals surface area contributed by atoms with Crippen LogP contribution < -0.4 is 9.44 Å². The van der Waals surface area contributed by atoms with E-state index < -0.39 is 21.7 Å². The number of hydrogen-bond acceptors (Lipinski definition) is 3. The minimum Gasteiger partial charge on any atom is -0.480 e. The Morgan fingerprint density at radius 3 is 2.20 bits per heavy atom. The zero-order valence-corrected chi connectivity index (χ0v) is 9.60. The van der Waals surface area contributed by atoms with Gasteiger partial charge < -0.3 is 5.11 Å². The van der Waals surface area contributed by atoms with Crippen LogP contribution in [-0.2, 0) is 15.0 Å². The van der Waals surface area contributed by atoms with Crippen molar-refractivity contribution < 1.29 is 18.3 Å². The summed E-state index contributed by atoms with van der Waals surface area (Å²) in [5, 5.41) is 8.93. The third-order valence-electron chi connectivity index (χ3n) is 2.34. The van der Waals surface area contributed by atoms with Crippen LogP contribution in [0.3, 0.4) is 0 Å². The van der Waals surface area contributed by atoms with Crippen molar-refractivity contribution in [1.29, 1.82) is 0 Å². The number of carboxylic acid groups (broad SMARTS) is 1. The maximum absolute atomic E-state index is 11.5. The second-order valence-corrected chi connectivity index (χ2v) is 5.57. The molecule has 0 aromatic rings. The van der Waals surface area contributed by atoms with E-state index in [1.54, 1.807) is 13.8 Å². The number of rotatable bonds is 5. The van der Waals surface area contributed by atoms with Gasteiger partial charge in [0, 0.05) is 6.04 Å². The van der Waals surface area contributed by atoms with E-state index in [9.17, 15) is 13.2 Å². The number of carbonyl (C=O) groups is 1. The molecule has 6 nitrogen and oxygen atoms in total. The van der Waals surface area contributed by atoms with Gasteiger partial charge in [-0.15, -0.1) is 0 Å². The van der Waals surface area contributed by atoms with Gasteiger partial charge in [-0.3, -0.25) is 4.79 Å². The molecule has 1 saturated carbocycles. The lowest BCUT2D eigenvalue weighted by molar-refractivity contribution is -0.147. The quantitative estimate of drug-likeness (QED) is 0.617. The van der Waals surface area contributed by atoms with E-state index in [0.29, 0.717) is 12.8 Å². The molecule has 0 heterocycles. The Kier molecular flexibility index (Phi) is 3.37. The van der Waals surface area contributed by atoms with Crippen molar-refractivity contribution in [3.63, 3.8) is 0 Å². The highest BCUT2D eigenvalue weighted by Crippen LogP contribution is 2.32. The maximum atomic E-state index is 11.5. The molecule has 0 aromatic heterocycles. The largest absolute Gasteiger partial charge is 0.480 e. The van der Waals surface area contributed by atoms with Crippen molar-refractivity contribution in [2.24, 2.45) is 0 Å². The summed E-state index contributed by atoms with van der Waals surface area (Å²) < 4.78 is 27.4. The van der Waals surface area contributed by atoms with E-state index in [1.165, 1.54) is 0 Å². The highest BCUT2D eigenvalue weighted by molar-refractivity contribution is 7.87. The highest BCUT2D eigenvalue weighted by Gasteiger charge is 2.47. The van der Waals surface area contributed by atoms with Crippen LogP contribution in [-0.4, -0.2) is 31.1 Å². The van der Waals surface area contributed by atoms with Gasteiger partial charge in [0.05, 0.1) is 0 Å². The van der Waals surface area contributed by atoms with Crippen LogP contribution in [0.4, 0.5) is 0 Å². The molecule has 0 aromatic carbocycles. The zero-order valence-electron chi connectivity index (χ0n) is 8.78. The standard InChI is InChI=1S/C8H16N2O4S/c1-6(2)9-15(13,14)10-8(7(11)12)4-3-5-8/h6,9-10H,3-5H2,1-2H3,(H,11,12). The molecule has 15 heavy (non-hydrogen) atoms. The van der Waals surface area contributed by atoms with Crippen molar-refractivity contribution in [3.8, 4) is 0 Å². The molecule has 3 N–H and O–H groups in total. The van der Waals surface area contributed by atoms with Gasteiger partial charge >= 0.3 is 5.97 Å². The normalized spacial score (nSPS) is 19.9. The van der Waals surface area contributed by atoms with Crippen LogP contribution >= 0.6 is 0 Å². The van der Waals surface area contributed by atoms with Crippen LogP contribution in [0.1, 0.15) is 33.1 Å². The second kappa shape index (κ2) is 4.07. The summed E-state index contributed by atoms with van der Waals surface area (Å²) in [6, 6.07) is -0.256. The molecule has 1 fully saturated rings. The molecule has 0 unspecified atom stereocenters. The molecule has 0 bridgehead atoms. The van der Waals surface area contributed by atoms with Gasteiger partial charge in [-0.05, 0) is 33.1 Å². The zero-order chi connectivity index (χ0) is 11.7. The Labute approximate surface area is 89.2 Å². The van der Waals surface area contributed by atoms with Crippen molar-refractivity contribution in [1.82, 2.24) is 9.44 Å². The van der Waals surface area contributed by atoms with Gasteiger partial charge in [0.25, 0.3) is 10.2 Å². The Balaban J connectivity index is 2.71.